The molecule has 2 aromatic rings. The number of carboxylic acid groups (broad SMARTS) is 1. The molecule has 108 valence electrons. The molecule has 1 aromatic carbocycles. The number of imidazole rings is 1. The van der Waals surface area contributed by atoms with E-state index in [4.69, 9.17) is 5.11 Å². The lowest BCUT2D eigenvalue weighted by Gasteiger charge is -2.12. The Balaban J connectivity index is 2.41. The number of aliphatic carboxylic acids is 1. The highest BCUT2D eigenvalue weighted by molar-refractivity contribution is 7.99. The van der Waals surface area contributed by atoms with E-state index >= 15 is 0 Å². The fourth-order valence-electron chi connectivity index (χ4n) is 1.96. The molecule has 0 aliphatic carbocycles. The molecule has 0 spiro atoms. The molecule has 0 aliphatic heterocycles. The number of hydrogen-bond donors (Lipinski definition) is 1. The van der Waals surface area contributed by atoms with Gasteiger partial charge in [-0.25, -0.2) is 4.98 Å². The van der Waals surface area contributed by atoms with Crippen molar-refractivity contribution >= 4 is 40.5 Å². The number of nitrogens with zero attached hydrogens (tertiary/aromatic N) is 2. The predicted octanol–water partition coefficient (Wildman–Crippen LogP) is 3.27. The van der Waals surface area contributed by atoms with Crippen molar-refractivity contribution in [2.24, 2.45) is 0 Å². The van der Waals surface area contributed by atoms with Crippen molar-refractivity contribution in [1.29, 1.82) is 0 Å². The van der Waals surface area contributed by atoms with E-state index in [9.17, 15) is 4.79 Å². The van der Waals surface area contributed by atoms with Gasteiger partial charge in [0.1, 0.15) is 0 Å². The minimum atomic E-state index is -0.817. The average molecular weight is 310 g/mol. The molecule has 2 rings (SSSR count). The van der Waals surface area contributed by atoms with Crippen LogP contribution in [0.5, 0.6) is 0 Å². The van der Waals surface area contributed by atoms with Crippen molar-refractivity contribution in [1.82, 2.24) is 9.55 Å². The molecule has 0 bridgehead atoms. The Labute approximate surface area is 127 Å². The first-order valence-electron chi connectivity index (χ1n) is 6.35. The SMILES string of the molecule is CSC(C)Cn1c(SCC(=O)O)nc2cc(C)ccc21. The summed E-state index contributed by atoms with van der Waals surface area (Å²) in [5, 5.41) is 10.1. The smallest absolute Gasteiger partial charge is 0.313 e. The molecule has 1 atom stereocenters. The standard InChI is InChI=1S/C14H18N2O2S2/c1-9-4-5-12-11(6-9)15-14(20-8-13(17)18)16(12)7-10(2)19-3/h4-6,10H,7-8H2,1-3H3,(H,17,18). The first-order valence-corrected chi connectivity index (χ1v) is 8.63. The van der Waals surface area contributed by atoms with Crippen LogP contribution in [-0.4, -0.2) is 37.9 Å². The van der Waals surface area contributed by atoms with Crippen LogP contribution in [0.15, 0.2) is 23.4 Å². The van der Waals surface area contributed by atoms with E-state index in [2.05, 4.69) is 34.9 Å². The lowest BCUT2D eigenvalue weighted by molar-refractivity contribution is -0.133. The number of thioether (sulfide) groups is 2. The molecule has 0 saturated carbocycles. The Morgan fingerprint density at radius 3 is 2.90 bits per heavy atom. The van der Waals surface area contributed by atoms with Gasteiger partial charge in [-0.15, -0.1) is 0 Å². The van der Waals surface area contributed by atoms with Gasteiger partial charge in [-0.2, -0.15) is 11.8 Å². The summed E-state index contributed by atoms with van der Waals surface area (Å²) >= 11 is 3.08. The summed E-state index contributed by atoms with van der Waals surface area (Å²) in [6, 6.07) is 6.17. The number of aromatic nitrogens is 2. The van der Waals surface area contributed by atoms with Gasteiger partial charge >= 0.3 is 5.97 Å². The fourth-order valence-corrected chi connectivity index (χ4v) is 3.00. The van der Waals surface area contributed by atoms with Crippen LogP contribution >= 0.6 is 23.5 Å². The van der Waals surface area contributed by atoms with Crippen LogP contribution in [0.3, 0.4) is 0 Å². The molecule has 0 fully saturated rings. The molecule has 4 nitrogen and oxygen atoms in total. The molecule has 0 aliphatic rings. The van der Waals surface area contributed by atoms with Crippen LogP contribution < -0.4 is 0 Å². The van der Waals surface area contributed by atoms with Gasteiger partial charge in [-0.05, 0) is 30.9 Å². The number of fused-ring (bicyclic) bond motifs is 1. The highest BCUT2D eigenvalue weighted by Crippen LogP contribution is 2.26. The molecular formula is C14H18N2O2S2. The largest absolute Gasteiger partial charge is 0.481 e. The van der Waals surface area contributed by atoms with E-state index in [0.717, 1.165) is 28.3 Å². The van der Waals surface area contributed by atoms with Gasteiger partial charge in [0, 0.05) is 11.8 Å². The van der Waals surface area contributed by atoms with Gasteiger partial charge < -0.3 is 9.67 Å². The van der Waals surface area contributed by atoms with Gasteiger partial charge in [-0.3, -0.25) is 4.79 Å². The number of carboxylic acids is 1. The van der Waals surface area contributed by atoms with Crippen LogP contribution in [0.1, 0.15) is 12.5 Å². The van der Waals surface area contributed by atoms with Crippen molar-refractivity contribution in [2.75, 3.05) is 12.0 Å². The molecule has 0 radical (unpaired) electrons. The normalized spacial score (nSPS) is 12.8. The van der Waals surface area contributed by atoms with E-state index < -0.39 is 5.97 Å². The summed E-state index contributed by atoms with van der Waals surface area (Å²) in [5.74, 6) is -0.779. The van der Waals surface area contributed by atoms with E-state index in [1.807, 2.05) is 13.0 Å². The fraction of sp³-hybridized carbons (Fsp3) is 0.429. The summed E-state index contributed by atoms with van der Waals surface area (Å²) in [4.78, 5) is 15.4. The maximum Gasteiger partial charge on any atom is 0.313 e. The van der Waals surface area contributed by atoms with Gasteiger partial charge in [0.15, 0.2) is 5.16 Å². The maximum absolute atomic E-state index is 10.8. The minimum Gasteiger partial charge on any atom is -0.481 e. The predicted molar refractivity (Wildman–Crippen MR) is 85.8 cm³/mol. The van der Waals surface area contributed by atoms with Crippen LogP contribution in [0, 0.1) is 6.92 Å². The summed E-state index contributed by atoms with van der Waals surface area (Å²) < 4.78 is 2.13. The van der Waals surface area contributed by atoms with E-state index in [0.29, 0.717) is 5.25 Å². The lowest BCUT2D eigenvalue weighted by atomic mass is 10.2. The third-order valence-corrected chi connectivity index (χ3v) is 4.95. The molecule has 1 heterocycles. The highest BCUT2D eigenvalue weighted by Gasteiger charge is 2.14. The number of benzene rings is 1. The third kappa shape index (κ3) is 3.49. The van der Waals surface area contributed by atoms with Crippen LogP contribution in [0.2, 0.25) is 0 Å². The Hall–Kier alpha value is -1.14. The maximum atomic E-state index is 10.8. The van der Waals surface area contributed by atoms with Crippen molar-refractivity contribution in [2.45, 2.75) is 30.8 Å². The second-order valence-corrected chi connectivity index (χ2v) is 6.94. The van der Waals surface area contributed by atoms with Crippen LogP contribution in [-0.2, 0) is 11.3 Å². The number of carbonyl (C=O) groups is 1. The third-order valence-electron chi connectivity index (χ3n) is 3.04. The Bertz CT molecular complexity index is 625. The minimum absolute atomic E-state index is 0.0377. The van der Waals surface area contributed by atoms with Crippen LogP contribution in [0.4, 0.5) is 0 Å². The Morgan fingerprint density at radius 2 is 2.25 bits per heavy atom. The molecule has 0 saturated heterocycles. The van der Waals surface area contributed by atoms with Crippen molar-refractivity contribution < 1.29 is 9.90 Å². The first-order chi connectivity index (χ1) is 9.51. The van der Waals surface area contributed by atoms with Crippen molar-refractivity contribution in [3.8, 4) is 0 Å². The number of aryl methyl sites for hydroxylation is 1. The van der Waals surface area contributed by atoms with E-state index in [1.54, 1.807) is 11.8 Å². The van der Waals surface area contributed by atoms with Gasteiger partial charge in [0.05, 0.1) is 16.8 Å². The van der Waals surface area contributed by atoms with E-state index in [1.165, 1.54) is 11.8 Å². The summed E-state index contributed by atoms with van der Waals surface area (Å²) in [5.41, 5.74) is 3.17. The van der Waals surface area contributed by atoms with Gasteiger partial charge in [0.25, 0.3) is 0 Å². The number of rotatable bonds is 6. The highest BCUT2D eigenvalue weighted by atomic mass is 32.2. The lowest BCUT2D eigenvalue weighted by Crippen LogP contribution is -2.10. The molecule has 0 amide bonds. The van der Waals surface area contributed by atoms with Gasteiger partial charge in [-0.1, -0.05) is 24.8 Å². The number of hydrogen-bond acceptors (Lipinski definition) is 4. The second-order valence-electron chi connectivity index (χ2n) is 4.73. The summed E-state index contributed by atoms with van der Waals surface area (Å²) in [6.45, 7) is 5.03. The molecule has 1 unspecified atom stereocenters. The summed E-state index contributed by atoms with van der Waals surface area (Å²) in [6.07, 6.45) is 2.08. The van der Waals surface area contributed by atoms with Crippen molar-refractivity contribution in [3.05, 3.63) is 23.8 Å². The second kappa shape index (κ2) is 6.54. The molecular weight excluding hydrogens is 292 g/mol. The van der Waals surface area contributed by atoms with Crippen molar-refractivity contribution in [3.63, 3.8) is 0 Å². The molecule has 20 heavy (non-hydrogen) atoms. The molecule has 1 N–H and O–H groups in total. The van der Waals surface area contributed by atoms with Crippen LogP contribution in [0.25, 0.3) is 11.0 Å². The quantitative estimate of drug-likeness (QED) is 0.830. The molecule has 1 aromatic heterocycles. The Morgan fingerprint density at radius 1 is 1.50 bits per heavy atom. The zero-order valence-corrected chi connectivity index (χ0v) is 13.4. The zero-order chi connectivity index (χ0) is 14.7. The van der Waals surface area contributed by atoms with Gasteiger partial charge in [0.2, 0.25) is 0 Å². The topological polar surface area (TPSA) is 55.1 Å². The average Bonchev–Trinajstić information content (AvgIpc) is 2.73. The summed E-state index contributed by atoms with van der Waals surface area (Å²) in [7, 11) is 0. The zero-order valence-electron chi connectivity index (χ0n) is 11.8. The first kappa shape index (κ1) is 15.3. The molecule has 6 heteroatoms. The Kier molecular flexibility index (Phi) is 4.99. The van der Waals surface area contributed by atoms with E-state index in [-0.39, 0.29) is 5.75 Å². The monoisotopic (exact) mass is 310 g/mol.